The van der Waals surface area contributed by atoms with Crippen LogP contribution in [0.5, 0.6) is 0 Å². The number of nitrogens with zero attached hydrogens (tertiary/aromatic N) is 1. The van der Waals surface area contributed by atoms with E-state index in [4.69, 9.17) is 10.00 Å². The molecule has 3 nitrogen and oxygen atoms in total. The van der Waals surface area contributed by atoms with Gasteiger partial charge in [0.15, 0.2) is 0 Å². The summed E-state index contributed by atoms with van der Waals surface area (Å²) in [5.41, 5.74) is 0. The van der Waals surface area contributed by atoms with Crippen LogP contribution in [0.1, 0.15) is 32.1 Å². The second-order valence-corrected chi connectivity index (χ2v) is 2.69. The van der Waals surface area contributed by atoms with Gasteiger partial charge in [0.1, 0.15) is 0 Å². The predicted molar refractivity (Wildman–Crippen MR) is 49.9 cm³/mol. The van der Waals surface area contributed by atoms with Crippen LogP contribution >= 0.6 is 0 Å². The quantitative estimate of drug-likeness (QED) is 0.343. The number of esters is 1. The summed E-state index contributed by atoms with van der Waals surface area (Å²) in [6.45, 7) is 3.75. The molecule has 0 aliphatic rings. The molecule has 0 aromatic rings. The van der Waals surface area contributed by atoms with Gasteiger partial charge in [-0.2, -0.15) is 5.26 Å². The molecule has 72 valence electrons. The molecule has 0 saturated heterocycles. The minimum atomic E-state index is -0.364. The molecule has 0 aromatic carbocycles. The second-order valence-electron chi connectivity index (χ2n) is 2.69. The van der Waals surface area contributed by atoms with E-state index >= 15 is 0 Å². The maximum atomic E-state index is 10.6. The number of ether oxygens (including phenoxy) is 1. The molecule has 0 amide bonds. The van der Waals surface area contributed by atoms with Crippen molar-refractivity contribution in [2.45, 2.75) is 32.1 Å². The van der Waals surface area contributed by atoms with E-state index in [2.05, 4.69) is 12.6 Å². The maximum Gasteiger partial charge on any atom is 0.330 e. The molecule has 0 saturated carbocycles. The monoisotopic (exact) mass is 181 g/mol. The minimum absolute atomic E-state index is 0.364. The van der Waals surface area contributed by atoms with E-state index < -0.39 is 0 Å². The number of unbranched alkanes of at least 4 members (excludes halogenated alkanes) is 4. The number of carbonyl (C=O) groups excluding carboxylic acids is 1. The molecule has 0 bridgehead atoms. The standard InChI is InChI=1S/C10H15NO2/c1-2-10(12)13-9-7-5-3-4-6-8-11/h2H,1,3-7,9H2. The SMILES string of the molecule is C=CC(=O)OCCCCCCC#N. The van der Waals surface area contributed by atoms with Crippen molar-refractivity contribution in [2.75, 3.05) is 6.61 Å². The highest BCUT2D eigenvalue weighted by Gasteiger charge is 1.94. The Kier molecular flexibility index (Phi) is 7.91. The van der Waals surface area contributed by atoms with Gasteiger partial charge in [-0.15, -0.1) is 0 Å². The fourth-order valence-electron chi connectivity index (χ4n) is 0.891. The first-order chi connectivity index (χ1) is 6.31. The van der Waals surface area contributed by atoms with Gasteiger partial charge in [-0.1, -0.05) is 19.4 Å². The summed E-state index contributed by atoms with van der Waals surface area (Å²) in [7, 11) is 0. The third kappa shape index (κ3) is 8.61. The van der Waals surface area contributed by atoms with Gasteiger partial charge in [-0.05, 0) is 12.8 Å². The summed E-state index contributed by atoms with van der Waals surface area (Å²) in [5.74, 6) is -0.364. The molecule has 0 spiro atoms. The van der Waals surface area contributed by atoms with Crippen LogP contribution < -0.4 is 0 Å². The number of rotatable bonds is 7. The molecule has 0 aliphatic heterocycles. The van der Waals surface area contributed by atoms with Gasteiger partial charge in [-0.3, -0.25) is 0 Å². The van der Waals surface area contributed by atoms with E-state index in [1.54, 1.807) is 0 Å². The Morgan fingerprint density at radius 1 is 1.38 bits per heavy atom. The van der Waals surface area contributed by atoms with Crippen molar-refractivity contribution in [1.29, 1.82) is 5.26 Å². The normalized spacial score (nSPS) is 8.85. The molecule has 0 heterocycles. The zero-order valence-corrected chi connectivity index (χ0v) is 7.79. The first-order valence-electron chi connectivity index (χ1n) is 4.47. The van der Waals surface area contributed by atoms with Gasteiger partial charge >= 0.3 is 5.97 Å². The van der Waals surface area contributed by atoms with Gasteiger partial charge in [0.2, 0.25) is 0 Å². The van der Waals surface area contributed by atoms with Crippen molar-refractivity contribution in [1.82, 2.24) is 0 Å². The van der Waals surface area contributed by atoms with Crippen molar-refractivity contribution in [3.05, 3.63) is 12.7 Å². The Hall–Kier alpha value is -1.30. The number of carbonyl (C=O) groups is 1. The molecule has 0 aromatic heterocycles. The zero-order chi connectivity index (χ0) is 9.94. The lowest BCUT2D eigenvalue weighted by Crippen LogP contribution is -2.01. The summed E-state index contributed by atoms with van der Waals surface area (Å²) in [6, 6.07) is 2.09. The minimum Gasteiger partial charge on any atom is -0.463 e. The molecular formula is C10H15NO2. The first kappa shape index (κ1) is 11.7. The summed E-state index contributed by atoms with van der Waals surface area (Å²) in [5, 5.41) is 8.24. The summed E-state index contributed by atoms with van der Waals surface area (Å²) in [4.78, 5) is 10.6. The van der Waals surface area contributed by atoms with E-state index in [1.807, 2.05) is 0 Å². The van der Waals surface area contributed by atoms with Crippen LogP contribution in [0, 0.1) is 11.3 Å². The van der Waals surface area contributed by atoms with E-state index in [0.717, 1.165) is 31.8 Å². The van der Waals surface area contributed by atoms with Crippen LogP contribution in [0.4, 0.5) is 0 Å². The van der Waals surface area contributed by atoms with Crippen molar-refractivity contribution in [3.63, 3.8) is 0 Å². The van der Waals surface area contributed by atoms with Crippen LogP contribution in [0.3, 0.4) is 0 Å². The van der Waals surface area contributed by atoms with E-state index in [-0.39, 0.29) is 5.97 Å². The van der Waals surface area contributed by atoms with Gasteiger partial charge in [0, 0.05) is 12.5 Å². The molecule has 0 fully saturated rings. The van der Waals surface area contributed by atoms with Crippen molar-refractivity contribution < 1.29 is 9.53 Å². The predicted octanol–water partition coefficient (Wildman–Crippen LogP) is 2.19. The lowest BCUT2D eigenvalue weighted by Gasteiger charge is -2.00. The van der Waals surface area contributed by atoms with Gasteiger partial charge in [-0.25, -0.2) is 4.79 Å². The van der Waals surface area contributed by atoms with Gasteiger partial charge in [0.25, 0.3) is 0 Å². The van der Waals surface area contributed by atoms with Crippen LogP contribution in [0.2, 0.25) is 0 Å². The molecule has 0 N–H and O–H groups in total. The number of hydrogen-bond acceptors (Lipinski definition) is 3. The highest BCUT2D eigenvalue weighted by atomic mass is 16.5. The smallest absolute Gasteiger partial charge is 0.330 e. The summed E-state index contributed by atoms with van der Waals surface area (Å²) in [6.07, 6.45) is 5.62. The van der Waals surface area contributed by atoms with Gasteiger partial charge in [0.05, 0.1) is 12.7 Å². The summed E-state index contributed by atoms with van der Waals surface area (Å²) < 4.78 is 4.78. The van der Waals surface area contributed by atoms with Crippen LogP contribution in [-0.2, 0) is 9.53 Å². The molecule has 0 atom stereocenters. The average molecular weight is 181 g/mol. The topological polar surface area (TPSA) is 50.1 Å². The van der Waals surface area contributed by atoms with E-state index in [1.165, 1.54) is 0 Å². The van der Waals surface area contributed by atoms with Crippen molar-refractivity contribution >= 4 is 5.97 Å². The fourth-order valence-corrected chi connectivity index (χ4v) is 0.891. The highest BCUT2D eigenvalue weighted by molar-refractivity contribution is 5.81. The molecule has 0 unspecified atom stereocenters. The lowest BCUT2D eigenvalue weighted by molar-refractivity contribution is -0.137. The van der Waals surface area contributed by atoms with Crippen molar-refractivity contribution in [3.8, 4) is 6.07 Å². The Morgan fingerprint density at radius 2 is 2.08 bits per heavy atom. The molecule has 0 aliphatic carbocycles. The molecule has 0 rings (SSSR count). The summed E-state index contributed by atoms with van der Waals surface area (Å²) >= 11 is 0. The third-order valence-corrected chi connectivity index (χ3v) is 1.59. The van der Waals surface area contributed by atoms with Crippen LogP contribution in [-0.4, -0.2) is 12.6 Å². The largest absolute Gasteiger partial charge is 0.463 e. The van der Waals surface area contributed by atoms with Crippen LogP contribution in [0.25, 0.3) is 0 Å². The molecule has 0 radical (unpaired) electrons. The fraction of sp³-hybridized carbons (Fsp3) is 0.600. The van der Waals surface area contributed by atoms with Gasteiger partial charge < -0.3 is 4.74 Å². The molecule has 3 heteroatoms. The second kappa shape index (κ2) is 8.79. The Labute approximate surface area is 79.0 Å². The Bertz CT molecular complexity index is 194. The van der Waals surface area contributed by atoms with E-state index in [9.17, 15) is 4.79 Å². The molecule has 13 heavy (non-hydrogen) atoms. The third-order valence-electron chi connectivity index (χ3n) is 1.59. The molecular weight excluding hydrogens is 166 g/mol. The number of hydrogen-bond donors (Lipinski definition) is 0. The lowest BCUT2D eigenvalue weighted by atomic mass is 10.2. The average Bonchev–Trinajstić information content (AvgIpc) is 2.16. The zero-order valence-electron chi connectivity index (χ0n) is 7.79. The highest BCUT2D eigenvalue weighted by Crippen LogP contribution is 2.02. The first-order valence-corrected chi connectivity index (χ1v) is 4.47. The Balaban J connectivity index is 3.04. The van der Waals surface area contributed by atoms with Crippen molar-refractivity contribution in [2.24, 2.45) is 0 Å². The van der Waals surface area contributed by atoms with E-state index in [0.29, 0.717) is 13.0 Å². The maximum absolute atomic E-state index is 10.6. The Morgan fingerprint density at radius 3 is 2.69 bits per heavy atom. The number of nitriles is 1. The van der Waals surface area contributed by atoms with Crippen LogP contribution in [0.15, 0.2) is 12.7 Å².